The Kier molecular flexibility index (Phi) is 4.92. The molecule has 0 unspecified atom stereocenters. The van der Waals surface area contributed by atoms with Gasteiger partial charge < -0.3 is 10.2 Å². The lowest BCUT2D eigenvalue weighted by molar-refractivity contribution is 0.396. The van der Waals surface area contributed by atoms with Crippen molar-refractivity contribution in [3.63, 3.8) is 0 Å². The Labute approximate surface area is 149 Å². The summed E-state index contributed by atoms with van der Waals surface area (Å²) < 4.78 is 0. The monoisotopic (exact) mass is 337 g/mol. The lowest BCUT2D eigenvalue weighted by Gasteiger charge is -2.32. The summed E-state index contributed by atoms with van der Waals surface area (Å²) in [5.74, 6) is 2.15. The van der Waals surface area contributed by atoms with Crippen molar-refractivity contribution in [2.75, 3.05) is 24.5 Å². The molecule has 4 heterocycles. The van der Waals surface area contributed by atoms with Crippen LogP contribution >= 0.6 is 0 Å². The molecule has 25 heavy (non-hydrogen) atoms. The highest BCUT2D eigenvalue weighted by atomic mass is 15.2. The second-order valence-corrected chi connectivity index (χ2v) is 7.13. The molecule has 2 aromatic rings. The number of aryl methyl sites for hydroxylation is 1. The van der Waals surface area contributed by atoms with Crippen molar-refractivity contribution in [3.8, 4) is 0 Å². The van der Waals surface area contributed by atoms with E-state index in [1.54, 1.807) is 0 Å². The Bertz CT molecular complexity index is 710. The molecule has 0 spiro atoms. The Morgan fingerprint density at radius 1 is 1.20 bits per heavy atom. The summed E-state index contributed by atoms with van der Waals surface area (Å²) in [6.07, 6.45) is 8.78. The van der Waals surface area contributed by atoms with Gasteiger partial charge in [-0.15, -0.1) is 0 Å². The van der Waals surface area contributed by atoms with Crippen LogP contribution in [-0.2, 0) is 12.8 Å². The molecule has 0 bridgehead atoms. The second-order valence-electron chi connectivity index (χ2n) is 7.13. The van der Waals surface area contributed by atoms with E-state index in [0.717, 1.165) is 61.9 Å². The van der Waals surface area contributed by atoms with Gasteiger partial charge >= 0.3 is 0 Å². The van der Waals surface area contributed by atoms with Crippen molar-refractivity contribution < 1.29 is 0 Å². The number of hydrogen-bond acceptors (Lipinski definition) is 5. The zero-order chi connectivity index (χ0) is 17.1. The molecule has 4 rings (SSSR count). The first-order valence-electron chi connectivity index (χ1n) is 9.57. The number of piperidine rings is 1. The van der Waals surface area contributed by atoms with Crippen molar-refractivity contribution in [1.82, 2.24) is 20.3 Å². The third-order valence-electron chi connectivity index (χ3n) is 5.35. The number of aromatic nitrogens is 3. The summed E-state index contributed by atoms with van der Waals surface area (Å²) in [5, 5.41) is 3.59. The van der Waals surface area contributed by atoms with Crippen molar-refractivity contribution in [3.05, 3.63) is 47.2 Å². The van der Waals surface area contributed by atoms with Gasteiger partial charge in [0, 0.05) is 42.7 Å². The Balaban J connectivity index is 1.57. The minimum absolute atomic E-state index is 0.317. The first kappa shape index (κ1) is 16.5. The smallest absolute Gasteiger partial charge is 0.147 e. The van der Waals surface area contributed by atoms with Crippen LogP contribution in [0.1, 0.15) is 54.5 Å². The van der Waals surface area contributed by atoms with Crippen LogP contribution in [0.2, 0.25) is 0 Å². The first-order valence-corrected chi connectivity index (χ1v) is 9.57. The first-order chi connectivity index (χ1) is 12.3. The second kappa shape index (κ2) is 7.48. The van der Waals surface area contributed by atoms with E-state index in [1.165, 1.54) is 24.8 Å². The van der Waals surface area contributed by atoms with Crippen LogP contribution in [-0.4, -0.2) is 34.6 Å². The van der Waals surface area contributed by atoms with Crippen LogP contribution in [0.15, 0.2) is 24.4 Å². The van der Waals surface area contributed by atoms with Crippen LogP contribution in [0.25, 0.3) is 0 Å². The zero-order valence-corrected chi connectivity index (χ0v) is 15.0. The molecular formula is C20H27N5. The number of anilines is 1. The van der Waals surface area contributed by atoms with Crippen molar-refractivity contribution in [1.29, 1.82) is 0 Å². The number of rotatable bonds is 4. The zero-order valence-electron chi connectivity index (χ0n) is 15.0. The predicted octanol–water partition coefficient (Wildman–Crippen LogP) is 2.99. The van der Waals surface area contributed by atoms with E-state index in [4.69, 9.17) is 9.97 Å². The maximum atomic E-state index is 5.02. The van der Waals surface area contributed by atoms with Crippen molar-refractivity contribution in [2.45, 2.75) is 51.5 Å². The van der Waals surface area contributed by atoms with Gasteiger partial charge in [0.25, 0.3) is 0 Å². The van der Waals surface area contributed by atoms with Gasteiger partial charge in [0.15, 0.2) is 0 Å². The van der Waals surface area contributed by atoms with E-state index in [1.807, 2.05) is 12.3 Å². The lowest BCUT2D eigenvalue weighted by atomic mass is 10.0. The molecule has 0 aromatic carbocycles. The summed E-state index contributed by atoms with van der Waals surface area (Å²) in [4.78, 5) is 16.8. The van der Waals surface area contributed by atoms with Crippen LogP contribution in [0.3, 0.4) is 0 Å². The van der Waals surface area contributed by atoms with Gasteiger partial charge in [0.05, 0.1) is 6.04 Å². The Morgan fingerprint density at radius 3 is 2.96 bits per heavy atom. The summed E-state index contributed by atoms with van der Waals surface area (Å²) >= 11 is 0. The Morgan fingerprint density at radius 2 is 2.16 bits per heavy atom. The maximum Gasteiger partial charge on any atom is 0.147 e. The molecule has 132 valence electrons. The van der Waals surface area contributed by atoms with Gasteiger partial charge in [-0.1, -0.05) is 12.5 Å². The normalized spacial score (nSPS) is 20.4. The molecule has 0 saturated carbocycles. The molecule has 0 aliphatic carbocycles. The summed E-state index contributed by atoms with van der Waals surface area (Å²) in [7, 11) is 0. The third-order valence-corrected chi connectivity index (χ3v) is 5.35. The summed E-state index contributed by atoms with van der Waals surface area (Å²) in [6.45, 7) is 5.27. The number of pyridine rings is 1. The van der Waals surface area contributed by atoms with E-state index in [9.17, 15) is 0 Å². The predicted molar refractivity (Wildman–Crippen MR) is 99.8 cm³/mol. The maximum absolute atomic E-state index is 5.02. The molecule has 1 atom stereocenters. The molecule has 0 amide bonds. The van der Waals surface area contributed by atoms with Gasteiger partial charge in [-0.2, -0.15) is 0 Å². The topological polar surface area (TPSA) is 53.9 Å². The fourth-order valence-corrected chi connectivity index (χ4v) is 3.95. The molecule has 2 aliphatic heterocycles. The average Bonchev–Trinajstić information content (AvgIpc) is 2.68. The number of hydrogen-bond donors (Lipinski definition) is 1. The van der Waals surface area contributed by atoms with Gasteiger partial charge in [-0.05, 0) is 51.3 Å². The van der Waals surface area contributed by atoms with E-state index in [2.05, 4.69) is 34.3 Å². The molecule has 2 aliphatic rings. The van der Waals surface area contributed by atoms with E-state index in [-0.39, 0.29) is 0 Å². The highest BCUT2D eigenvalue weighted by Gasteiger charge is 2.25. The van der Waals surface area contributed by atoms with Crippen molar-refractivity contribution in [2.24, 2.45) is 0 Å². The van der Waals surface area contributed by atoms with Crippen LogP contribution in [0.5, 0.6) is 0 Å². The van der Waals surface area contributed by atoms with Gasteiger partial charge in [-0.3, -0.25) is 4.98 Å². The van der Waals surface area contributed by atoms with Crippen LogP contribution < -0.4 is 10.2 Å². The fraction of sp³-hybridized carbons (Fsp3) is 0.550. The van der Waals surface area contributed by atoms with Crippen LogP contribution in [0, 0.1) is 6.92 Å². The van der Waals surface area contributed by atoms with E-state index < -0.39 is 0 Å². The minimum Gasteiger partial charge on any atom is -0.356 e. The average molecular weight is 337 g/mol. The molecule has 5 heteroatoms. The van der Waals surface area contributed by atoms with Gasteiger partial charge in [0.1, 0.15) is 11.6 Å². The molecule has 1 fully saturated rings. The SMILES string of the molecule is Cc1nc([C@H]2CCCCN2)nc2c1CCCN2CCc1ccccn1. The molecular weight excluding hydrogens is 310 g/mol. The van der Waals surface area contributed by atoms with Crippen LogP contribution in [0.4, 0.5) is 5.82 Å². The highest BCUT2D eigenvalue weighted by Crippen LogP contribution is 2.30. The van der Waals surface area contributed by atoms with E-state index in [0.29, 0.717) is 6.04 Å². The quantitative estimate of drug-likeness (QED) is 0.929. The fourth-order valence-electron chi connectivity index (χ4n) is 3.95. The molecule has 1 N–H and O–H groups in total. The summed E-state index contributed by atoms with van der Waals surface area (Å²) in [5.41, 5.74) is 3.65. The Hall–Kier alpha value is -2.01. The number of fused-ring (bicyclic) bond motifs is 1. The standard InChI is InChI=1S/C20H27N5/c1-15-17-8-6-13-25(14-10-16-7-2-4-11-21-16)20(17)24-19(23-15)18-9-3-5-12-22-18/h2,4,7,11,18,22H,3,5-6,8-10,12-14H2,1H3/t18-/m1/s1. The largest absolute Gasteiger partial charge is 0.356 e. The highest BCUT2D eigenvalue weighted by molar-refractivity contribution is 5.51. The lowest BCUT2D eigenvalue weighted by Crippen LogP contribution is -2.35. The minimum atomic E-state index is 0.317. The summed E-state index contributed by atoms with van der Waals surface area (Å²) in [6, 6.07) is 6.45. The van der Waals surface area contributed by atoms with Gasteiger partial charge in [-0.25, -0.2) is 9.97 Å². The molecule has 2 aromatic heterocycles. The van der Waals surface area contributed by atoms with Crippen molar-refractivity contribution >= 4 is 5.82 Å². The molecule has 0 radical (unpaired) electrons. The third kappa shape index (κ3) is 3.66. The van der Waals surface area contributed by atoms with E-state index >= 15 is 0 Å². The number of nitrogens with one attached hydrogen (secondary N) is 1. The molecule has 5 nitrogen and oxygen atoms in total. The van der Waals surface area contributed by atoms with Gasteiger partial charge in [0.2, 0.25) is 0 Å². The number of nitrogens with zero attached hydrogens (tertiary/aromatic N) is 4. The molecule has 1 saturated heterocycles.